The van der Waals surface area contributed by atoms with Crippen LogP contribution in [0.3, 0.4) is 0 Å². The third kappa shape index (κ3) is 6.55. The second-order valence-electron chi connectivity index (χ2n) is 6.84. The van der Waals surface area contributed by atoms with Crippen molar-refractivity contribution in [3.8, 4) is 0 Å². The molecule has 5 nitrogen and oxygen atoms in total. The number of carbonyl (C=O) groups excluding carboxylic acids is 2. The Bertz CT molecular complexity index is 926. The molecular formula is C23H25N3O2S. The van der Waals surface area contributed by atoms with Gasteiger partial charge in [-0.05, 0) is 42.6 Å². The summed E-state index contributed by atoms with van der Waals surface area (Å²) < 4.78 is 0. The van der Waals surface area contributed by atoms with E-state index in [2.05, 4.69) is 10.6 Å². The van der Waals surface area contributed by atoms with Crippen molar-refractivity contribution in [3.05, 3.63) is 88.1 Å². The predicted molar refractivity (Wildman–Crippen MR) is 118 cm³/mol. The molecule has 0 spiro atoms. The van der Waals surface area contributed by atoms with E-state index < -0.39 is 0 Å². The molecule has 0 radical (unpaired) electrons. The summed E-state index contributed by atoms with van der Waals surface area (Å²) >= 11 is 1.67. The first-order valence-corrected chi connectivity index (χ1v) is 10.4. The molecule has 3 rings (SSSR count). The number of likely N-dealkylation sites (N-methyl/N-ethyl adjacent to an activating group) is 1. The molecule has 0 saturated carbocycles. The van der Waals surface area contributed by atoms with Gasteiger partial charge in [-0.1, -0.05) is 48.5 Å². The van der Waals surface area contributed by atoms with Crippen LogP contribution in [0.1, 0.15) is 20.8 Å². The Morgan fingerprint density at radius 1 is 0.966 bits per heavy atom. The lowest BCUT2D eigenvalue weighted by molar-refractivity contribution is -0.117. The number of para-hydroxylation sites is 1. The topological polar surface area (TPSA) is 61.4 Å². The van der Waals surface area contributed by atoms with Gasteiger partial charge < -0.3 is 10.6 Å². The standard InChI is InChI=1S/C23H25N3O2S/c1-26(16-19-10-7-15-29-19)17-22(27)25-21-12-6-5-11-20(21)23(28)24-14-13-18-8-3-2-4-9-18/h2-12,15H,13-14,16-17H2,1H3,(H,24,28)(H,25,27). The van der Waals surface area contributed by atoms with E-state index in [-0.39, 0.29) is 18.4 Å². The van der Waals surface area contributed by atoms with Crippen molar-refractivity contribution in [2.45, 2.75) is 13.0 Å². The van der Waals surface area contributed by atoms with Gasteiger partial charge in [-0.3, -0.25) is 14.5 Å². The zero-order valence-electron chi connectivity index (χ0n) is 16.4. The Kier molecular flexibility index (Phi) is 7.55. The average molecular weight is 408 g/mol. The second-order valence-corrected chi connectivity index (χ2v) is 7.87. The molecule has 0 atom stereocenters. The van der Waals surface area contributed by atoms with Crippen molar-refractivity contribution in [3.63, 3.8) is 0 Å². The Hall–Kier alpha value is -2.96. The summed E-state index contributed by atoms with van der Waals surface area (Å²) in [6.45, 7) is 1.50. The predicted octanol–water partition coefficient (Wildman–Crippen LogP) is 3.79. The van der Waals surface area contributed by atoms with Gasteiger partial charge in [0.1, 0.15) is 0 Å². The van der Waals surface area contributed by atoms with Gasteiger partial charge in [0.05, 0.1) is 17.8 Å². The zero-order valence-corrected chi connectivity index (χ0v) is 17.2. The monoisotopic (exact) mass is 407 g/mol. The maximum Gasteiger partial charge on any atom is 0.253 e. The molecule has 0 bridgehead atoms. The van der Waals surface area contributed by atoms with Crippen molar-refractivity contribution in [1.29, 1.82) is 0 Å². The van der Waals surface area contributed by atoms with E-state index in [0.29, 0.717) is 24.3 Å². The fourth-order valence-corrected chi connectivity index (χ4v) is 3.79. The number of anilines is 1. The van der Waals surface area contributed by atoms with E-state index in [1.807, 2.05) is 65.9 Å². The molecule has 0 saturated heterocycles. The first kappa shape index (κ1) is 20.8. The lowest BCUT2D eigenvalue weighted by Gasteiger charge is -2.16. The third-order valence-corrected chi connectivity index (χ3v) is 5.27. The molecule has 0 aliphatic carbocycles. The Morgan fingerprint density at radius 2 is 1.72 bits per heavy atom. The minimum absolute atomic E-state index is 0.145. The highest BCUT2D eigenvalue weighted by Gasteiger charge is 2.14. The molecule has 1 heterocycles. The molecule has 2 aromatic carbocycles. The minimum atomic E-state index is -0.191. The minimum Gasteiger partial charge on any atom is -0.352 e. The highest BCUT2D eigenvalue weighted by atomic mass is 32.1. The summed E-state index contributed by atoms with van der Waals surface area (Å²) in [5, 5.41) is 7.83. The molecule has 2 amide bonds. The van der Waals surface area contributed by atoms with Crippen molar-refractivity contribution in [2.24, 2.45) is 0 Å². The van der Waals surface area contributed by atoms with E-state index in [4.69, 9.17) is 0 Å². The summed E-state index contributed by atoms with van der Waals surface area (Å²) in [7, 11) is 1.90. The number of hydrogen-bond acceptors (Lipinski definition) is 4. The fraction of sp³-hybridized carbons (Fsp3) is 0.217. The van der Waals surface area contributed by atoms with E-state index in [1.165, 1.54) is 10.4 Å². The van der Waals surface area contributed by atoms with Crippen LogP contribution in [0.25, 0.3) is 0 Å². The van der Waals surface area contributed by atoms with Gasteiger partial charge in [0, 0.05) is 18.0 Å². The molecule has 0 aliphatic heterocycles. The molecule has 0 unspecified atom stereocenters. The number of amides is 2. The van der Waals surface area contributed by atoms with Gasteiger partial charge in [0.15, 0.2) is 0 Å². The maximum absolute atomic E-state index is 12.6. The highest BCUT2D eigenvalue weighted by molar-refractivity contribution is 7.09. The molecule has 1 aromatic heterocycles. The lowest BCUT2D eigenvalue weighted by atomic mass is 10.1. The van der Waals surface area contributed by atoms with E-state index in [1.54, 1.807) is 29.5 Å². The molecule has 0 fully saturated rings. The largest absolute Gasteiger partial charge is 0.352 e. The SMILES string of the molecule is CN(CC(=O)Nc1ccccc1C(=O)NCCc1ccccc1)Cc1cccs1. The first-order valence-electron chi connectivity index (χ1n) is 9.54. The zero-order chi connectivity index (χ0) is 20.5. The van der Waals surface area contributed by atoms with Gasteiger partial charge >= 0.3 is 0 Å². The number of thiophene rings is 1. The van der Waals surface area contributed by atoms with Gasteiger partial charge in [0.2, 0.25) is 5.91 Å². The van der Waals surface area contributed by atoms with Crippen molar-refractivity contribution >= 4 is 28.8 Å². The quantitative estimate of drug-likeness (QED) is 0.567. The third-order valence-electron chi connectivity index (χ3n) is 4.41. The van der Waals surface area contributed by atoms with Crippen molar-refractivity contribution in [1.82, 2.24) is 10.2 Å². The van der Waals surface area contributed by atoms with Gasteiger partial charge in [-0.15, -0.1) is 11.3 Å². The van der Waals surface area contributed by atoms with E-state index >= 15 is 0 Å². The van der Waals surface area contributed by atoms with Crippen LogP contribution in [-0.4, -0.2) is 36.9 Å². The van der Waals surface area contributed by atoms with Crippen molar-refractivity contribution < 1.29 is 9.59 Å². The van der Waals surface area contributed by atoms with Crippen LogP contribution in [0.15, 0.2) is 72.1 Å². The van der Waals surface area contributed by atoms with Crippen LogP contribution in [0.4, 0.5) is 5.69 Å². The Balaban J connectivity index is 1.53. The summed E-state index contributed by atoms with van der Waals surface area (Å²) in [5.74, 6) is -0.336. The number of rotatable bonds is 9. The summed E-state index contributed by atoms with van der Waals surface area (Å²) in [4.78, 5) is 28.2. The molecule has 2 N–H and O–H groups in total. The van der Waals surface area contributed by atoms with E-state index in [9.17, 15) is 9.59 Å². The molecule has 3 aromatic rings. The number of carbonyl (C=O) groups is 2. The fourth-order valence-electron chi connectivity index (χ4n) is 3.01. The summed E-state index contributed by atoms with van der Waals surface area (Å²) in [6, 6.07) is 21.1. The Morgan fingerprint density at radius 3 is 2.48 bits per heavy atom. The van der Waals surface area contributed by atoms with Crippen LogP contribution in [-0.2, 0) is 17.8 Å². The number of nitrogens with one attached hydrogen (secondary N) is 2. The molecule has 29 heavy (non-hydrogen) atoms. The van der Waals surface area contributed by atoms with Crippen LogP contribution < -0.4 is 10.6 Å². The molecule has 150 valence electrons. The first-order chi connectivity index (χ1) is 14.1. The number of hydrogen-bond donors (Lipinski definition) is 2. The smallest absolute Gasteiger partial charge is 0.253 e. The normalized spacial score (nSPS) is 10.7. The van der Waals surface area contributed by atoms with Gasteiger partial charge in [-0.2, -0.15) is 0 Å². The van der Waals surface area contributed by atoms with Crippen LogP contribution >= 0.6 is 11.3 Å². The molecule has 0 aliphatic rings. The number of nitrogens with zero attached hydrogens (tertiary/aromatic N) is 1. The van der Waals surface area contributed by atoms with Crippen LogP contribution in [0.2, 0.25) is 0 Å². The number of benzene rings is 2. The average Bonchev–Trinajstić information content (AvgIpc) is 3.22. The second kappa shape index (κ2) is 10.5. The highest BCUT2D eigenvalue weighted by Crippen LogP contribution is 2.16. The lowest BCUT2D eigenvalue weighted by Crippen LogP contribution is -2.31. The maximum atomic E-state index is 12.6. The summed E-state index contributed by atoms with van der Waals surface area (Å²) in [5.41, 5.74) is 2.16. The molecular weight excluding hydrogens is 382 g/mol. The van der Waals surface area contributed by atoms with Gasteiger partial charge in [0.25, 0.3) is 5.91 Å². The van der Waals surface area contributed by atoms with Gasteiger partial charge in [-0.25, -0.2) is 0 Å². The van der Waals surface area contributed by atoms with E-state index in [0.717, 1.165) is 6.42 Å². The Labute approximate surface area is 175 Å². The van der Waals surface area contributed by atoms with Crippen LogP contribution in [0, 0.1) is 0 Å². The van der Waals surface area contributed by atoms with Crippen molar-refractivity contribution in [2.75, 3.05) is 25.5 Å². The van der Waals surface area contributed by atoms with Crippen LogP contribution in [0.5, 0.6) is 0 Å². The molecule has 6 heteroatoms. The summed E-state index contributed by atoms with van der Waals surface area (Å²) in [6.07, 6.45) is 0.759.